The summed E-state index contributed by atoms with van der Waals surface area (Å²) >= 11 is 0. The van der Waals surface area contributed by atoms with Gasteiger partial charge in [-0.15, -0.1) is 0 Å². The Morgan fingerprint density at radius 3 is 2.39 bits per heavy atom. The summed E-state index contributed by atoms with van der Waals surface area (Å²) in [5, 5.41) is 8.67. The highest BCUT2D eigenvalue weighted by molar-refractivity contribution is 5.67. The fourth-order valence-electron chi connectivity index (χ4n) is 1.48. The number of carboxylic acids is 1. The Kier molecular flexibility index (Phi) is 4.64. The molecule has 18 heavy (non-hydrogen) atoms. The quantitative estimate of drug-likeness (QED) is 0.851. The smallest absolute Gasteiger partial charge is 0.303 e. The molecule has 0 spiro atoms. The van der Waals surface area contributed by atoms with E-state index in [9.17, 15) is 13.6 Å². The van der Waals surface area contributed by atoms with Crippen molar-refractivity contribution < 1.29 is 23.4 Å². The van der Waals surface area contributed by atoms with Gasteiger partial charge in [0.2, 0.25) is 0 Å². The van der Waals surface area contributed by atoms with Crippen molar-refractivity contribution in [2.24, 2.45) is 0 Å². The SMILES string of the molecule is CC(CC(=O)O)c1ccc(OCC(C)(F)F)cc1. The van der Waals surface area contributed by atoms with Gasteiger partial charge in [-0.25, -0.2) is 8.78 Å². The maximum atomic E-state index is 12.6. The molecule has 0 aliphatic rings. The Morgan fingerprint density at radius 2 is 1.94 bits per heavy atom. The van der Waals surface area contributed by atoms with Crippen molar-refractivity contribution in [2.45, 2.75) is 32.1 Å². The molecule has 1 aromatic rings. The van der Waals surface area contributed by atoms with E-state index in [4.69, 9.17) is 9.84 Å². The van der Waals surface area contributed by atoms with Crippen molar-refractivity contribution in [1.82, 2.24) is 0 Å². The predicted molar refractivity (Wildman–Crippen MR) is 63.2 cm³/mol. The third kappa shape index (κ3) is 5.12. The van der Waals surface area contributed by atoms with Crippen molar-refractivity contribution in [3.8, 4) is 5.75 Å². The van der Waals surface area contributed by atoms with Crippen LogP contribution in [-0.2, 0) is 4.79 Å². The monoisotopic (exact) mass is 258 g/mol. The van der Waals surface area contributed by atoms with E-state index in [1.54, 1.807) is 31.2 Å². The zero-order valence-electron chi connectivity index (χ0n) is 10.3. The summed E-state index contributed by atoms with van der Waals surface area (Å²) in [6.45, 7) is 1.91. The lowest BCUT2D eigenvalue weighted by atomic mass is 9.98. The summed E-state index contributed by atoms with van der Waals surface area (Å²) in [6.07, 6.45) is 0.0350. The van der Waals surface area contributed by atoms with Crippen LogP contribution >= 0.6 is 0 Å². The van der Waals surface area contributed by atoms with Crippen molar-refractivity contribution in [2.75, 3.05) is 6.61 Å². The first-order valence-electron chi connectivity index (χ1n) is 5.60. The van der Waals surface area contributed by atoms with Crippen LogP contribution in [0, 0.1) is 0 Å². The van der Waals surface area contributed by atoms with Crippen molar-refractivity contribution in [1.29, 1.82) is 0 Å². The molecule has 0 bridgehead atoms. The number of halogens is 2. The van der Waals surface area contributed by atoms with Crippen LogP contribution in [0.5, 0.6) is 5.75 Å². The van der Waals surface area contributed by atoms with Gasteiger partial charge in [0.1, 0.15) is 5.75 Å². The molecule has 3 nitrogen and oxygen atoms in total. The Morgan fingerprint density at radius 1 is 1.39 bits per heavy atom. The largest absolute Gasteiger partial charge is 0.487 e. The molecule has 0 heterocycles. The summed E-state index contributed by atoms with van der Waals surface area (Å²) in [5.74, 6) is -3.50. The topological polar surface area (TPSA) is 46.5 Å². The van der Waals surface area contributed by atoms with Gasteiger partial charge in [-0.05, 0) is 23.6 Å². The summed E-state index contributed by atoms with van der Waals surface area (Å²) in [6, 6.07) is 6.52. The van der Waals surface area contributed by atoms with Gasteiger partial charge in [-0.3, -0.25) is 4.79 Å². The van der Waals surface area contributed by atoms with E-state index in [1.165, 1.54) is 0 Å². The van der Waals surface area contributed by atoms with Gasteiger partial charge in [0.15, 0.2) is 6.61 Å². The summed E-state index contributed by atoms with van der Waals surface area (Å²) in [4.78, 5) is 10.6. The third-order valence-electron chi connectivity index (χ3n) is 2.42. The second kappa shape index (κ2) is 5.80. The molecule has 0 saturated carbocycles. The molecule has 5 heteroatoms. The summed E-state index contributed by atoms with van der Waals surface area (Å²) in [7, 11) is 0. The molecule has 0 aromatic heterocycles. The Bertz CT molecular complexity index is 396. The minimum atomic E-state index is -2.87. The van der Waals surface area contributed by atoms with Crippen LogP contribution in [0.25, 0.3) is 0 Å². The normalized spacial score (nSPS) is 13.1. The zero-order chi connectivity index (χ0) is 13.8. The van der Waals surface area contributed by atoms with Gasteiger partial charge in [0, 0.05) is 6.92 Å². The molecular formula is C13H16F2O3. The average molecular weight is 258 g/mol. The summed E-state index contributed by atoms with van der Waals surface area (Å²) < 4.78 is 30.1. The fraction of sp³-hybridized carbons (Fsp3) is 0.462. The minimum absolute atomic E-state index is 0.0350. The van der Waals surface area contributed by atoms with Crippen molar-refractivity contribution >= 4 is 5.97 Å². The lowest BCUT2D eigenvalue weighted by Crippen LogP contribution is -2.20. The Balaban J connectivity index is 2.60. The maximum Gasteiger partial charge on any atom is 0.303 e. The molecule has 1 N–H and O–H groups in total. The Hall–Kier alpha value is -1.65. The lowest BCUT2D eigenvalue weighted by molar-refractivity contribution is -0.137. The molecule has 0 saturated heterocycles. The van der Waals surface area contributed by atoms with Gasteiger partial charge in [-0.2, -0.15) is 0 Å². The van der Waals surface area contributed by atoms with E-state index < -0.39 is 18.5 Å². The second-order valence-corrected chi connectivity index (χ2v) is 4.43. The van der Waals surface area contributed by atoms with Crippen LogP contribution in [0.1, 0.15) is 31.7 Å². The van der Waals surface area contributed by atoms with Crippen molar-refractivity contribution in [3.05, 3.63) is 29.8 Å². The van der Waals surface area contributed by atoms with E-state index in [1.807, 2.05) is 0 Å². The van der Waals surface area contributed by atoms with Crippen LogP contribution < -0.4 is 4.74 Å². The standard InChI is InChI=1S/C13H16F2O3/c1-9(7-12(16)17)10-3-5-11(6-4-10)18-8-13(2,14)15/h3-6,9H,7-8H2,1-2H3,(H,16,17). The second-order valence-electron chi connectivity index (χ2n) is 4.43. The lowest BCUT2D eigenvalue weighted by Gasteiger charge is -2.13. The maximum absolute atomic E-state index is 12.6. The molecule has 1 unspecified atom stereocenters. The third-order valence-corrected chi connectivity index (χ3v) is 2.42. The van der Waals surface area contributed by atoms with Crippen LogP contribution in [0.15, 0.2) is 24.3 Å². The number of carbonyl (C=O) groups is 1. The van der Waals surface area contributed by atoms with Crippen LogP contribution in [0.2, 0.25) is 0 Å². The number of rotatable bonds is 6. The highest BCUT2D eigenvalue weighted by Gasteiger charge is 2.22. The van der Waals surface area contributed by atoms with Crippen molar-refractivity contribution in [3.63, 3.8) is 0 Å². The first-order chi connectivity index (χ1) is 8.28. The summed E-state index contributed by atoms with van der Waals surface area (Å²) in [5.41, 5.74) is 0.841. The van der Waals surface area contributed by atoms with E-state index in [-0.39, 0.29) is 12.3 Å². The molecule has 0 radical (unpaired) electrons. The highest BCUT2D eigenvalue weighted by atomic mass is 19.3. The molecular weight excluding hydrogens is 242 g/mol. The molecule has 1 rings (SSSR count). The van der Waals surface area contributed by atoms with Gasteiger partial charge < -0.3 is 9.84 Å². The van der Waals surface area contributed by atoms with Crippen LogP contribution in [0.3, 0.4) is 0 Å². The van der Waals surface area contributed by atoms with Gasteiger partial charge >= 0.3 is 5.97 Å². The van der Waals surface area contributed by atoms with E-state index >= 15 is 0 Å². The average Bonchev–Trinajstić information content (AvgIpc) is 2.25. The molecule has 0 amide bonds. The van der Waals surface area contributed by atoms with Gasteiger partial charge in [-0.1, -0.05) is 19.1 Å². The van der Waals surface area contributed by atoms with Crippen LogP contribution in [0.4, 0.5) is 8.78 Å². The molecule has 0 aliphatic heterocycles. The fourth-order valence-corrected chi connectivity index (χ4v) is 1.48. The van der Waals surface area contributed by atoms with Gasteiger partial charge in [0.05, 0.1) is 6.42 Å². The zero-order valence-corrected chi connectivity index (χ0v) is 10.3. The Labute approximate surface area is 104 Å². The highest BCUT2D eigenvalue weighted by Crippen LogP contribution is 2.23. The number of ether oxygens (including phenoxy) is 1. The predicted octanol–water partition coefficient (Wildman–Crippen LogP) is 3.30. The number of aliphatic carboxylic acids is 1. The van der Waals surface area contributed by atoms with E-state index in [0.29, 0.717) is 5.75 Å². The number of hydrogen-bond acceptors (Lipinski definition) is 2. The number of carboxylic acid groups (broad SMARTS) is 1. The first-order valence-corrected chi connectivity index (χ1v) is 5.60. The number of alkyl halides is 2. The molecule has 100 valence electrons. The number of hydrogen-bond donors (Lipinski definition) is 1. The molecule has 1 atom stereocenters. The molecule has 0 aliphatic carbocycles. The first kappa shape index (κ1) is 14.4. The minimum Gasteiger partial charge on any atom is -0.487 e. The van der Waals surface area contributed by atoms with E-state index in [2.05, 4.69) is 0 Å². The number of benzene rings is 1. The molecule has 0 fully saturated rings. The van der Waals surface area contributed by atoms with Gasteiger partial charge in [0.25, 0.3) is 5.92 Å². The van der Waals surface area contributed by atoms with E-state index in [0.717, 1.165) is 12.5 Å². The van der Waals surface area contributed by atoms with Crippen LogP contribution in [-0.4, -0.2) is 23.6 Å². The molecule has 1 aromatic carbocycles.